The number of anilines is 1. The summed E-state index contributed by atoms with van der Waals surface area (Å²) in [4.78, 5) is 25.3. The Bertz CT molecular complexity index is 1400. The number of ether oxygens (including phenoxy) is 3. The summed E-state index contributed by atoms with van der Waals surface area (Å²) in [5.74, 6) is 0.0510. The van der Waals surface area contributed by atoms with E-state index in [-0.39, 0.29) is 22.9 Å². The first-order chi connectivity index (χ1) is 21.4. The van der Waals surface area contributed by atoms with Crippen LogP contribution in [0.4, 0.5) is 32.3 Å². The predicted octanol–water partition coefficient (Wildman–Crippen LogP) is 4.90. The Labute approximate surface area is 256 Å². The van der Waals surface area contributed by atoms with Crippen molar-refractivity contribution >= 4 is 11.9 Å². The Morgan fingerprint density at radius 3 is 2.09 bits per heavy atom. The molecule has 244 valence electrons. The van der Waals surface area contributed by atoms with Gasteiger partial charge in [-0.3, -0.25) is 4.79 Å². The number of rotatable bonds is 6. The number of methoxy groups -OCH3 is 1. The zero-order valence-corrected chi connectivity index (χ0v) is 24.7. The van der Waals surface area contributed by atoms with Crippen molar-refractivity contribution in [2.24, 2.45) is 0 Å². The average molecular weight is 642 g/mol. The number of nitrogens with zero attached hydrogens (tertiary/aromatic N) is 4. The third-order valence-corrected chi connectivity index (χ3v) is 6.92. The molecule has 0 saturated carbocycles. The van der Waals surface area contributed by atoms with Crippen LogP contribution in [0.15, 0.2) is 48.7 Å². The van der Waals surface area contributed by atoms with E-state index in [4.69, 9.17) is 14.2 Å². The Hall–Kier alpha value is -3.95. The number of hydrogen-bond donors (Lipinski definition) is 1. The molecule has 1 aromatic heterocycles. The second kappa shape index (κ2) is 14.9. The molecule has 2 saturated heterocycles. The molecule has 2 aliphatic heterocycles. The van der Waals surface area contributed by atoms with Crippen LogP contribution in [0.3, 0.4) is 0 Å². The first kappa shape index (κ1) is 33.9. The van der Waals surface area contributed by atoms with Gasteiger partial charge in [0.05, 0.1) is 55.9 Å². The average Bonchev–Trinajstić information content (AvgIpc) is 3.04. The summed E-state index contributed by atoms with van der Waals surface area (Å²) in [6.45, 7) is 5.29. The summed E-state index contributed by atoms with van der Waals surface area (Å²) in [5, 5.41) is 3.16. The lowest BCUT2D eigenvalue weighted by Crippen LogP contribution is -2.37. The molecule has 0 aliphatic carbocycles. The smallest absolute Gasteiger partial charge is 0.416 e. The first-order valence-corrected chi connectivity index (χ1v) is 14.0. The number of carbonyl (C=O) groups is 1. The number of nitrogens with one attached hydrogen (secondary N) is 1. The van der Waals surface area contributed by atoms with Crippen LogP contribution in [0.1, 0.15) is 27.0 Å². The van der Waals surface area contributed by atoms with Gasteiger partial charge in [-0.2, -0.15) is 26.3 Å². The number of morpholine rings is 2. The van der Waals surface area contributed by atoms with E-state index in [9.17, 15) is 31.1 Å². The molecule has 9 nitrogen and oxygen atoms in total. The van der Waals surface area contributed by atoms with Crippen LogP contribution in [-0.2, 0) is 28.4 Å². The molecule has 45 heavy (non-hydrogen) atoms. The first-order valence-electron chi connectivity index (χ1n) is 14.0. The summed E-state index contributed by atoms with van der Waals surface area (Å²) in [6, 6.07) is 8.04. The van der Waals surface area contributed by atoms with Crippen LogP contribution in [0.2, 0.25) is 0 Å². The lowest BCUT2D eigenvalue weighted by Gasteiger charge is -2.27. The molecule has 3 heterocycles. The SMILES string of the molecule is C1COCCN1.COc1ccccc1-c1nc(N2CCOCC2)ncc1C(=O)N(C)Cc1cc(C(F)(F)F)cc(C(F)(F)F)c1. The van der Waals surface area contributed by atoms with E-state index in [2.05, 4.69) is 15.3 Å². The van der Waals surface area contributed by atoms with Gasteiger partial charge in [0, 0.05) is 51.5 Å². The van der Waals surface area contributed by atoms with Gasteiger partial charge in [-0.05, 0) is 35.9 Å². The van der Waals surface area contributed by atoms with E-state index in [0.29, 0.717) is 55.7 Å². The van der Waals surface area contributed by atoms with E-state index >= 15 is 0 Å². The molecule has 0 unspecified atom stereocenters. The van der Waals surface area contributed by atoms with E-state index in [0.717, 1.165) is 31.2 Å². The minimum atomic E-state index is -5.00. The molecule has 5 rings (SSSR count). The fourth-order valence-corrected chi connectivity index (χ4v) is 4.67. The third kappa shape index (κ3) is 9.05. The maximum absolute atomic E-state index is 13.5. The van der Waals surface area contributed by atoms with Gasteiger partial charge in [0.2, 0.25) is 5.95 Å². The lowest BCUT2D eigenvalue weighted by atomic mass is 10.0. The molecular formula is C30H33F6N5O4. The number of para-hydroxylation sites is 1. The predicted molar refractivity (Wildman–Crippen MR) is 153 cm³/mol. The maximum atomic E-state index is 13.5. The Morgan fingerprint density at radius 2 is 1.56 bits per heavy atom. The Morgan fingerprint density at radius 1 is 0.956 bits per heavy atom. The summed E-state index contributed by atoms with van der Waals surface area (Å²) < 4.78 is 95.7. The van der Waals surface area contributed by atoms with Crippen LogP contribution in [0.5, 0.6) is 5.75 Å². The molecule has 2 aliphatic rings. The summed E-state index contributed by atoms with van der Waals surface area (Å²) in [5.41, 5.74) is -2.57. The van der Waals surface area contributed by atoms with Crippen LogP contribution < -0.4 is 15.0 Å². The summed E-state index contributed by atoms with van der Waals surface area (Å²) in [7, 11) is 2.72. The van der Waals surface area contributed by atoms with E-state index < -0.39 is 35.9 Å². The third-order valence-electron chi connectivity index (χ3n) is 6.92. The van der Waals surface area contributed by atoms with Crippen molar-refractivity contribution in [1.29, 1.82) is 0 Å². The highest BCUT2D eigenvalue weighted by Gasteiger charge is 2.37. The molecule has 2 aromatic carbocycles. The van der Waals surface area contributed by atoms with Crippen molar-refractivity contribution in [3.8, 4) is 17.0 Å². The van der Waals surface area contributed by atoms with Crippen molar-refractivity contribution in [3.05, 3.63) is 70.9 Å². The van der Waals surface area contributed by atoms with Gasteiger partial charge in [-0.15, -0.1) is 0 Å². The van der Waals surface area contributed by atoms with Gasteiger partial charge >= 0.3 is 12.4 Å². The lowest BCUT2D eigenvalue weighted by molar-refractivity contribution is -0.143. The number of carbonyl (C=O) groups excluding carboxylic acids is 1. The molecule has 1 N–H and O–H groups in total. The van der Waals surface area contributed by atoms with Crippen molar-refractivity contribution < 1.29 is 45.3 Å². The van der Waals surface area contributed by atoms with Crippen LogP contribution in [0.25, 0.3) is 11.3 Å². The molecule has 3 aromatic rings. The quantitative estimate of drug-likeness (QED) is 0.381. The highest BCUT2D eigenvalue weighted by atomic mass is 19.4. The van der Waals surface area contributed by atoms with Crippen molar-refractivity contribution in [2.45, 2.75) is 18.9 Å². The number of amides is 1. The second-order valence-corrected chi connectivity index (χ2v) is 10.2. The zero-order valence-electron chi connectivity index (χ0n) is 24.7. The van der Waals surface area contributed by atoms with Gasteiger partial charge in [0.1, 0.15) is 5.75 Å². The van der Waals surface area contributed by atoms with Gasteiger partial charge in [0.25, 0.3) is 5.91 Å². The molecule has 0 spiro atoms. The maximum Gasteiger partial charge on any atom is 0.416 e. The minimum absolute atomic E-state index is 0.00188. The summed E-state index contributed by atoms with van der Waals surface area (Å²) in [6.07, 6.45) is -8.71. The number of aromatic nitrogens is 2. The standard InChI is InChI=1S/C26H24F6N4O3.C4H9NO/c1-35(15-16-11-17(25(27,28)29)13-18(12-16)26(30,31)32)23(37)20-14-33-24(36-7-9-39-10-8-36)34-22(20)19-5-3-4-6-21(19)38-2;1-3-6-4-2-5-1/h3-6,11-14H,7-10,15H2,1-2H3;5H,1-4H2. The highest BCUT2D eigenvalue weighted by Crippen LogP contribution is 2.37. The molecule has 2 fully saturated rings. The number of halogens is 6. The molecule has 15 heteroatoms. The molecule has 1 amide bonds. The van der Waals surface area contributed by atoms with Gasteiger partial charge in [-0.1, -0.05) is 12.1 Å². The van der Waals surface area contributed by atoms with Crippen molar-refractivity contribution in [2.75, 3.05) is 71.7 Å². The van der Waals surface area contributed by atoms with Crippen LogP contribution >= 0.6 is 0 Å². The van der Waals surface area contributed by atoms with Gasteiger partial charge < -0.3 is 29.3 Å². The number of hydrogen-bond acceptors (Lipinski definition) is 8. The summed E-state index contributed by atoms with van der Waals surface area (Å²) >= 11 is 0. The molecular weight excluding hydrogens is 608 g/mol. The largest absolute Gasteiger partial charge is 0.496 e. The fourth-order valence-electron chi connectivity index (χ4n) is 4.67. The molecule has 0 bridgehead atoms. The van der Waals surface area contributed by atoms with E-state index in [1.165, 1.54) is 20.4 Å². The highest BCUT2D eigenvalue weighted by molar-refractivity contribution is 6.00. The van der Waals surface area contributed by atoms with Crippen LogP contribution in [-0.4, -0.2) is 87.5 Å². The number of benzene rings is 2. The molecule has 0 atom stereocenters. The van der Waals surface area contributed by atoms with Crippen molar-refractivity contribution in [1.82, 2.24) is 20.2 Å². The van der Waals surface area contributed by atoms with E-state index in [1.807, 2.05) is 4.90 Å². The second-order valence-electron chi connectivity index (χ2n) is 10.2. The van der Waals surface area contributed by atoms with Crippen LogP contribution in [0, 0.1) is 0 Å². The van der Waals surface area contributed by atoms with Gasteiger partial charge in [-0.25, -0.2) is 9.97 Å². The normalized spacial score (nSPS) is 15.6. The number of alkyl halides is 6. The fraction of sp³-hybridized carbons (Fsp3) is 0.433. The van der Waals surface area contributed by atoms with Gasteiger partial charge in [0.15, 0.2) is 0 Å². The zero-order chi connectivity index (χ0) is 32.6. The van der Waals surface area contributed by atoms with Crippen molar-refractivity contribution in [3.63, 3.8) is 0 Å². The minimum Gasteiger partial charge on any atom is -0.496 e. The topological polar surface area (TPSA) is 89.0 Å². The Balaban J connectivity index is 0.000000687. The monoisotopic (exact) mass is 641 g/mol. The van der Waals surface area contributed by atoms with E-state index in [1.54, 1.807) is 24.3 Å². The molecule has 0 radical (unpaired) electrons. The Kier molecular flexibility index (Phi) is 11.2.